The summed E-state index contributed by atoms with van der Waals surface area (Å²) in [5.41, 5.74) is 7.85. The normalized spacial score (nSPS) is 19.0. The summed E-state index contributed by atoms with van der Waals surface area (Å²) in [6.07, 6.45) is 12.2. The van der Waals surface area contributed by atoms with Gasteiger partial charge in [0.2, 0.25) is 0 Å². The van der Waals surface area contributed by atoms with E-state index in [9.17, 15) is 0 Å². The van der Waals surface area contributed by atoms with Crippen molar-refractivity contribution < 1.29 is 49.2 Å². The standard InChI is InChI=1S/C18H19.2ClH.Hf/c1-2-3-7-14-10-6-11-18(14)17-12-15-8-4-5-9-16(15)13-17;;;/h4-6,8-10,12-13H,2-3,7,11H2,1H3;2*1H;/q;;;+2/p-2. The minimum absolute atomic E-state index is 0. The summed E-state index contributed by atoms with van der Waals surface area (Å²) in [5, 5.41) is 0. The van der Waals surface area contributed by atoms with Crippen molar-refractivity contribution in [2.45, 2.75) is 36.3 Å². The van der Waals surface area contributed by atoms with Gasteiger partial charge in [-0.3, -0.25) is 0 Å². The maximum absolute atomic E-state index is 2.45. The third-order valence-corrected chi connectivity index (χ3v) is 6.34. The van der Waals surface area contributed by atoms with Gasteiger partial charge in [0.15, 0.2) is 0 Å². The Kier molecular flexibility index (Phi) is 7.67. The molecule has 1 aromatic carbocycles. The first kappa shape index (κ1) is 18.9. The fraction of sp³-hybridized carbons (Fsp3) is 0.333. The zero-order valence-corrected chi connectivity index (χ0v) is 17.3. The molecule has 0 spiro atoms. The van der Waals surface area contributed by atoms with E-state index in [0.29, 0.717) is 3.67 Å². The zero-order chi connectivity index (χ0) is 13.2. The summed E-state index contributed by atoms with van der Waals surface area (Å²) in [5.74, 6) is 0. The van der Waals surface area contributed by atoms with Gasteiger partial charge < -0.3 is 24.8 Å². The molecule has 3 heteroatoms. The number of hydrogen-bond donors (Lipinski definition) is 0. The molecule has 0 bridgehead atoms. The Hall–Kier alpha value is -0.110. The quantitative estimate of drug-likeness (QED) is 0.488. The summed E-state index contributed by atoms with van der Waals surface area (Å²) in [6.45, 7) is 2.28. The van der Waals surface area contributed by atoms with Crippen LogP contribution in [0.3, 0.4) is 0 Å². The molecule has 0 amide bonds. The molecule has 3 rings (SSSR count). The summed E-state index contributed by atoms with van der Waals surface area (Å²) in [6, 6.07) is 8.92. The van der Waals surface area contributed by atoms with Gasteiger partial charge in [0, 0.05) is 0 Å². The van der Waals surface area contributed by atoms with Crippen LogP contribution in [0.1, 0.15) is 47.4 Å². The SMILES string of the molecule is CCCCC1=C(C2=Cc3ccccc3[CH]2[Hf+2])CC=C1.[Cl-].[Cl-]. The molecule has 0 fully saturated rings. The Morgan fingerprint density at radius 1 is 1.19 bits per heavy atom. The van der Waals surface area contributed by atoms with E-state index < -0.39 is 0 Å². The van der Waals surface area contributed by atoms with Crippen LogP contribution in [0, 0.1) is 0 Å². The van der Waals surface area contributed by atoms with Crippen LogP contribution in [0.25, 0.3) is 6.08 Å². The van der Waals surface area contributed by atoms with Gasteiger partial charge in [-0.05, 0) is 0 Å². The van der Waals surface area contributed by atoms with Gasteiger partial charge in [0.25, 0.3) is 0 Å². The average molecular weight is 485 g/mol. The number of rotatable bonds is 4. The number of fused-ring (bicyclic) bond motifs is 1. The molecule has 0 nitrogen and oxygen atoms in total. The second kappa shape index (κ2) is 8.50. The molecule has 1 unspecified atom stereocenters. The largest absolute Gasteiger partial charge is 1.00 e. The molecular formula is C18H19Cl2Hf. The monoisotopic (exact) mass is 485 g/mol. The van der Waals surface area contributed by atoms with Crippen molar-refractivity contribution >= 4 is 6.08 Å². The van der Waals surface area contributed by atoms with Gasteiger partial charge in [-0.25, -0.2) is 0 Å². The predicted octanol–water partition coefficient (Wildman–Crippen LogP) is -0.874. The van der Waals surface area contributed by atoms with E-state index >= 15 is 0 Å². The second-order valence-corrected chi connectivity index (χ2v) is 7.45. The molecule has 109 valence electrons. The molecular weight excluding hydrogens is 466 g/mol. The first-order valence-corrected chi connectivity index (χ1v) is 9.29. The Morgan fingerprint density at radius 2 is 1.95 bits per heavy atom. The molecule has 21 heavy (non-hydrogen) atoms. The van der Waals surface area contributed by atoms with E-state index in [1.54, 1.807) is 22.3 Å². The fourth-order valence-electron chi connectivity index (χ4n) is 3.04. The van der Waals surface area contributed by atoms with E-state index in [4.69, 9.17) is 0 Å². The number of benzene rings is 1. The number of unbranched alkanes of at least 4 members (excludes halogenated alkanes) is 1. The van der Waals surface area contributed by atoms with Gasteiger partial charge in [0.1, 0.15) is 0 Å². The van der Waals surface area contributed by atoms with Crippen LogP contribution < -0.4 is 24.8 Å². The zero-order valence-electron chi connectivity index (χ0n) is 12.2. The molecule has 2 aliphatic carbocycles. The van der Waals surface area contributed by atoms with Crippen molar-refractivity contribution in [2.24, 2.45) is 0 Å². The molecule has 0 N–H and O–H groups in total. The average Bonchev–Trinajstić information content (AvgIpc) is 3.01. The van der Waals surface area contributed by atoms with Gasteiger partial charge in [0.05, 0.1) is 0 Å². The van der Waals surface area contributed by atoms with Crippen molar-refractivity contribution in [1.29, 1.82) is 0 Å². The van der Waals surface area contributed by atoms with E-state index in [0.717, 1.165) is 6.42 Å². The third-order valence-electron chi connectivity index (χ3n) is 4.11. The molecule has 0 radical (unpaired) electrons. The number of halogens is 2. The van der Waals surface area contributed by atoms with Crippen molar-refractivity contribution in [1.82, 2.24) is 0 Å². The Bertz CT molecular complexity index is 585. The van der Waals surface area contributed by atoms with Crippen molar-refractivity contribution in [3.05, 3.63) is 64.3 Å². The minimum Gasteiger partial charge on any atom is -1.00 e. The van der Waals surface area contributed by atoms with Crippen LogP contribution in [0.4, 0.5) is 0 Å². The maximum atomic E-state index is 2.45. The second-order valence-electron chi connectivity index (χ2n) is 5.38. The molecule has 0 saturated carbocycles. The van der Waals surface area contributed by atoms with Crippen molar-refractivity contribution in [2.75, 3.05) is 0 Å². The maximum Gasteiger partial charge on any atom is -1.00 e. The van der Waals surface area contributed by atoms with E-state index in [1.807, 2.05) is 0 Å². The minimum atomic E-state index is 0. The van der Waals surface area contributed by atoms with Crippen LogP contribution in [-0.2, 0) is 24.4 Å². The smallest absolute Gasteiger partial charge is 1.00 e. The Balaban J connectivity index is 0.00000110. The molecule has 1 atom stereocenters. The molecule has 0 heterocycles. The Labute approximate surface area is 155 Å². The molecule has 1 aromatic rings. The molecule has 0 saturated heterocycles. The molecule has 2 aliphatic rings. The predicted molar refractivity (Wildman–Crippen MR) is 77.5 cm³/mol. The van der Waals surface area contributed by atoms with E-state index in [2.05, 4.69) is 49.4 Å². The summed E-state index contributed by atoms with van der Waals surface area (Å²) in [7, 11) is 0. The third kappa shape index (κ3) is 3.81. The first-order chi connectivity index (χ1) is 9.31. The van der Waals surface area contributed by atoms with Gasteiger partial charge in [-0.2, -0.15) is 0 Å². The van der Waals surface area contributed by atoms with E-state index in [-0.39, 0.29) is 24.8 Å². The summed E-state index contributed by atoms with van der Waals surface area (Å²) < 4.78 is 0.697. The first-order valence-electron chi connectivity index (χ1n) is 7.22. The van der Waals surface area contributed by atoms with Crippen molar-refractivity contribution in [3.8, 4) is 0 Å². The fourth-order valence-corrected chi connectivity index (χ4v) is 4.91. The van der Waals surface area contributed by atoms with Crippen molar-refractivity contribution in [3.63, 3.8) is 0 Å². The van der Waals surface area contributed by atoms with Gasteiger partial charge in [-0.15, -0.1) is 0 Å². The van der Waals surface area contributed by atoms with Crippen LogP contribution >= 0.6 is 0 Å². The summed E-state index contributed by atoms with van der Waals surface area (Å²) >= 11 is 1.21. The summed E-state index contributed by atoms with van der Waals surface area (Å²) in [4.78, 5) is 0. The molecule has 0 aliphatic heterocycles. The van der Waals surface area contributed by atoms with Crippen LogP contribution in [0.2, 0.25) is 0 Å². The van der Waals surface area contributed by atoms with Crippen LogP contribution in [0.5, 0.6) is 0 Å². The van der Waals surface area contributed by atoms with Gasteiger partial charge in [-0.1, -0.05) is 0 Å². The number of allylic oxidation sites excluding steroid dienone is 5. The van der Waals surface area contributed by atoms with E-state index in [1.165, 1.54) is 49.2 Å². The molecule has 0 aromatic heterocycles. The topological polar surface area (TPSA) is 0 Å². The Morgan fingerprint density at radius 3 is 2.67 bits per heavy atom. The van der Waals surface area contributed by atoms with Crippen LogP contribution in [0.15, 0.2) is 53.1 Å². The number of hydrogen-bond acceptors (Lipinski definition) is 0. The van der Waals surface area contributed by atoms with Crippen LogP contribution in [-0.4, -0.2) is 0 Å². The van der Waals surface area contributed by atoms with Gasteiger partial charge >= 0.3 is 131 Å².